The summed E-state index contributed by atoms with van der Waals surface area (Å²) >= 11 is 1.59. The minimum Gasteiger partial charge on any atom is -0.508 e. The van der Waals surface area contributed by atoms with Crippen LogP contribution < -0.4 is 25.2 Å². The molecule has 2 bridgehead atoms. The van der Waals surface area contributed by atoms with Gasteiger partial charge in [0.1, 0.15) is 41.3 Å². The zero-order chi connectivity index (χ0) is 57.7. The number of phenolic OH excluding ortho intramolecular Hbond substituents is 1. The summed E-state index contributed by atoms with van der Waals surface area (Å²) in [6.07, 6.45) is 7.56. The summed E-state index contributed by atoms with van der Waals surface area (Å²) in [5.41, 5.74) is 5.79. The largest absolute Gasteiger partial charge is 0.508 e. The number of halogens is 1. The number of hydrogen-bond acceptors (Lipinski definition) is 17. The van der Waals surface area contributed by atoms with Gasteiger partial charge in [-0.15, -0.1) is 11.3 Å². The standard InChI is InChI=1S/C63H76FN11O7S/c1-6-40-8-7-9-43-26-46(76)27-48(54(40)43)56-55(64)57-49(31-65-56)59(74-32-44-14-15-45(33-74)68-44)70-62(69-57)81-25-24-72-22-18-63(80,19-23-72)30-39-16-20-73(21-17-39)52-29-51(82-71-52)53(36(2)3)61(79)75-34-47(77)28-50(75)60(78)67-37(4)41-10-12-42(13-11-41)58-38(5)66-35-83-58/h7-13,26-27,29,31,35-37,39,44-45,47,50,53,68,76-77,80H,6,14-25,28,30,32-34H2,1-5H3,(H,67,78)/t37-,44?,45?,47+,50-,53+/m0/s1. The molecule has 4 aromatic heterocycles. The Morgan fingerprint density at radius 2 is 1.71 bits per heavy atom. The first-order valence-corrected chi connectivity index (χ1v) is 30.7. The van der Waals surface area contributed by atoms with E-state index < -0.39 is 29.5 Å². The lowest BCUT2D eigenvalue weighted by atomic mass is 9.79. The molecule has 5 N–H and O–H groups in total. The molecule has 0 saturated carbocycles. The number of likely N-dealkylation sites (tertiary alicyclic amines) is 2. The van der Waals surface area contributed by atoms with Crippen LogP contribution in [0.25, 0.3) is 43.4 Å². The number of pyridine rings is 1. The summed E-state index contributed by atoms with van der Waals surface area (Å²) in [5, 5.41) is 47.0. The number of anilines is 2. The number of piperazine rings is 1. The second-order valence-corrected chi connectivity index (χ2v) is 25.1. The van der Waals surface area contributed by atoms with Crippen LogP contribution in [0.4, 0.5) is 16.0 Å². The number of hydrogen-bond donors (Lipinski definition) is 5. The summed E-state index contributed by atoms with van der Waals surface area (Å²) in [5.74, 6) is -0.00711. The minimum absolute atomic E-state index is 0.0306. The first-order chi connectivity index (χ1) is 40.1. The molecule has 5 aliphatic rings. The number of amides is 2. The van der Waals surface area contributed by atoms with Gasteiger partial charge in [0.15, 0.2) is 17.4 Å². The van der Waals surface area contributed by atoms with Crippen LogP contribution in [-0.2, 0) is 16.0 Å². The van der Waals surface area contributed by atoms with Crippen molar-refractivity contribution >= 4 is 56.5 Å². The molecule has 5 aliphatic heterocycles. The fourth-order valence-corrected chi connectivity index (χ4v) is 14.5. The van der Waals surface area contributed by atoms with Gasteiger partial charge in [0.05, 0.1) is 39.2 Å². The van der Waals surface area contributed by atoms with Crippen LogP contribution >= 0.6 is 11.3 Å². The van der Waals surface area contributed by atoms with Crippen molar-refractivity contribution in [2.24, 2.45) is 11.8 Å². The van der Waals surface area contributed by atoms with E-state index in [9.17, 15) is 24.9 Å². The molecule has 0 aliphatic carbocycles. The fourth-order valence-electron chi connectivity index (χ4n) is 13.7. The van der Waals surface area contributed by atoms with E-state index in [4.69, 9.17) is 24.2 Å². The number of phenols is 1. The van der Waals surface area contributed by atoms with E-state index in [1.165, 1.54) is 4.90 Å². The third-order valence-electron chi connectivity index (χ3n) is 18.3. The number of rotatable bonds is 17. The summed E-state index contributed by atoms with van der Waals surface area (Å²) < 4.78 is 29.4. The summed E-state index contributed by atoms with van der Waals surface area (Å²) in [6.45, 7) is 15.1. The van der Waals surface area contributed by atoms with Crippen LogP contribution in [0.5, 0.6) is 11.8 Å². The number of thiazole rings is 1. The molecule has 5 fully saturated rings. The number of nitrogens with zero attached hydrogens (tertiary/aromatic N) is 9. The Labute approximate surface area is 487 Å². The zero-order valence-corrected chi connectivity index (χ0v) is 48.9. The highest BCUT2D eigenvalue weighted by Crippen LogP contribution is 2.41. The predicted octanol–water partition coefficient (Wildman–Crippen LogP) is 8.70. The number of piperidine rings is 2. The van der Waals surface area contributed by atoms with Gasteiger partial charge in [-0.3, -0.25) is 19.5 Å². The molecule has 9 heterocycles. The van der Waals surface area contributed by atoms with Crippen molar-refractivity contribution in [3.05, 3.63) is 101 Å². The molecule has 12 rings (SSSR count). The smallest absolute Gasteiger partial charge is 0.319 e. The van der Waals surface area contributed by atoms with Gasteiger partial charge < -0.3 is 49.9 Å². The first kappa shape index (κ1) is 56.6. The number of β-amino-alcohol motifs (C(OH)–C–C–N with tert-alkyl or cyclic N) is 1. The van der Waals surface area contributed by atoms with Crippen LogP contribution in [-0.4, -0.2) is 151 Å². The molecule has 2 amide bonds. The SMILES string of the molecule is CCc1cccc2cc(O)cc(-c3ncc4c(N5CC6CCC(C5)N6)nc(OCCN5CCC(O)(CC6CCN(c7cc([C@H](C(=O)N8C[C@H](O)C[C@H]8C(=O)N[C@@H](C)c8ccc(-c9scnc9C)cc8)C(C)C)on7)CC6)CC5)nc4c3F)c12. The number of aromatic nitrogens is 5. The van der Waals surface area contributed by atoms with Crippen molar-refractivity contribution in [2.45, 2.75) is 134 Å². The summed E-state index contributed by atoms with van der Waals surface area (Å²) in [7, 11) is 0. The predicted molar refractivity (Wildman–Crippen MR) is 318 cm³/mol. The van der Waals surface area contributed by atoms with Crippen LogP contribution in [0, 0.1) is 24.6 Å². The highest BCUT2D eigenvalue weighted by atomic mass is 32.1. The molecule has 20 heteroatoms. The maximum Gasteiger partial charge on any atom is 0.319 e. The Balaban J connectivity index is 0.643. The van der Waals surface area contributed by atoms with Crippen molar-refractivity contribution in [2.75, 3.05) is 68.8 Å². The average molecular weight is 1150 g/mol. The normalized spacial score (nSPS) is 22.0. The van der Waals surface area contributed by atoms with E-state index in [-0.39, 0.29) is 66.3 Å². The van der Waals surface area contributed by atoms with E-state index in [0.717, 1.165) is 96.3 Å². The van der Waals surface area contributed by atoms with Crippen LogP contribution in [0.15, 0.2) is 76.9 Å². The molecule has 3 aromatic carbocycles. The van der Waals surface area contributed by atoms with E-state index in [1.807, 2.05) is 81.7 Å². The molecule has 7 aromatic rings. The maximum absolute atomic E-state index is 17.2. The Morgan fingerprint density at radius 3 is 2.42 bits per heavy atom. The number of carbonyl (C=O) groups is 2. The van der Waals surface area contributed by atoms with Crippen molar-refractivity contribution < 1.29 is 38.6 Å². The topological polar surface area (TPSA) is 219 Å². The lowest BCUT2D eigenvalue weighted by molar-refractivity contribution is -0.141. The molecule has 83 heavy (non-hydrogen) atoms. The number of nitrogens with one attached hydrogen (secondary N) is 2. The van der Waals surface area contributed by atoms with Gasteiger partial charge in [-0.2, -0.15) is 9.97 Å². The lowest BCUT2D eigenvalue weighted by Crippen LogP contribution is -2.51. The van der Waals surface area contributed by atoms with Gasteiger partial charge in [-0.25, -0.2) is 9.37 Å². The Bertz CT molecular complexity index is 3480. The Morgan fingerprint density at radius 1 is 0.952 bits per heavy atom. The number of aliphatic hydroxyl groups is 2. The second kappa shape index (κ2) is 23.7. The van der Waals surface area contributed by atoms with E-state index in [0.29, 0.717) is 85.2 Å². The first-order valence-electron chi connectivity index (χ1n) is 29.8. The Hall–Kier alpha value is -6.84. The van der Waals surface area contributed by atoms with Crippen molar-refractivity contribution in [3.63, 3.8) is 0 Å². The van der Waals surface area contributed by atoms with Crippen LogP contribution in [0.3, 0.4) is 0 Å². The van der Waals surface area contributed by atoms with Gasteiger partial charge in [0.25, 0.3) is 0 Å². The molecule has 5 saturated heterocycles. The molecule has 18 nitrogen and oxygen atoms in total. The van der Waals surface area contributed by atoms with E-state index in [1.54, 1.807) is 29.7 Å². The maximum atomic E-state index is 17.2. The number of carbonyl (C=O) groups excluding carboxylic acids is 2. The minimum atomic E-state index is -0.836. The molecule has 2 unspecified atom stereocenters. The Kier molecular flexibility index (Phi) is 16.1. The molecule has 6 atom stereocenters. The van der Waals surface area contributed by atoms with Gasteiger partial charge in [-0.05, 0) is 117 Å². The molecular formula is C63H76FN11O7S. The third kappa shape index (κ3) is 11.7. The second-order valence-electron chi connectivity index (χ2n) is 24.3. The zero-order valence-electron chi connectivity index (χ0n) is 48.1. The number of benzene rings is 3. The number of aromatic hydroxyl groups is 1. The van der Waals surface area contributed by atoms with Gasteiger partial charge >= 0.3 is 6.01 Å². The lowest BCUT2D eigenvalue weighted by Gasteiger charge is -2.41. The van der Waals surface area contributed by atoms with Crippen LogP contribution in [0.1, 0.15) is 114 Å². The monoisotopic (exact) mass is 1150 g/mol. The fraction of sp³-hybridized carbons (Fsp3) is 0.508. The van der Waals surface area contributed by atoms with Crippen molar-refractivity contribution in [1.29, 1.82) is 0 Å². The van der Waals surface area contributed by atoms with Gasteiger partial charge in [0, 0.05) is 88.7 Å². The summed E-state index contributed by atoms with van der Waals surface area (Å²) in [4.78, 5) is 56.3. The molecular weight excluding hydrogens is 1070 g/mol. The number of ether oxygens (including phenoxy) is 1. The van der Waals surface area contributed by atoms with Crippen molar-refractivity contribution in [1.82, 2.24) is 45.5 Å². The van der Waals surface area contributed by atoms with E-state index in [2.05, 4.69) is 42.4 Å². The highest BCUT2D eigenvalue weighted by Gasteiger charge is 2.44. The van der Waals surface area contributed by atoms with Gasteiger partial charge in [0.2, 0.25) is 11.8 Å². The van der Waals surface area contributed by atoms with Gasteiger partial charge in [-0.1, -0.05) is 68.4 Å². The van der Waals surface area contributed by atoms with Crippen molar-refractivity contribution in [3.8, 4) is 33.5 Å². The summed E-state index contributed by atoms with van der Waals surface area (Å²) in [6, 6.07) is 18.6. The molecule has 0 spiro atoms. The quantitative estimate of drug-likeness (QED) is 0.0576. The number of aliphatic hydroxyl groups excluding tert-OH is 1. The number of aryl methyl sites for hydroxylation is 2. The molecule has 438 valence electrons. The van der Waals surface area contributed by atoms with Crippen LogP contribution in [0.2, 0.25) is 0 Å². The highest BCUT2D eigenvalue weighted by molar-refractivity contribution is 7.13. The van der Waals surface area contributed by atoms with E-state index >= 15 is 4.39 Å². The number of fused-ring (bicyclic) bond motifs is 4. The third-order valence-corrected chi connectivity index (χ3v) is 19.3. The average Bonchev–Trinajstić information content (AvgIpc) is 3.09. The molecule has 0 radical (unpaired) electrons.